The highest BCUT2D eigenvalue weighted by Crippen LogP contribution is 2.22. The smallest absolute Gasteiger partial charge is 0.341 e. The van der Waals surface area contributed by atoms with E-state index in [1.165, 1.54) is 18.3 Å². The molecule has 2 aromatic rings. The van der Waals surface area contributed by atoms with Crippen LogP contribution in [0.4, 0.5) is 4.39 Å². The molecule has 0 unspecified atom stereocenters. The van der Waals surface area contributed by atoms with Gasteiger partial charge in [-0.05, 0) is 39.0 Å². The summed E-state index contributed by atoms with van der Waals surface area (Å²) in [7, 11) is 0. The van der Waals surface area contributed by atoms with Gasteiger partial charge in [-0.3, -0.25) is 4.79 Å². The summed E-state index contributed by atoms with van der Waals surface area (Å²) in [4.78, 5) is 23.2. The Morgan fingerprint density at radius 2 is 1.95 bits per heavy atom. The lowest BCUT2D eigenvalue weighted by Gasteiger charge is -2.26. The summed E-state index contributed by atoms with van der Waals surface area (Å²) >= 11 is 0. The molecule has 0 aliphatic heterocycles. The molecule has 1 N–H and O–H groups in total. The van der Waals surface area contributed by atoms with Crippen LogP contribution in [-0.4, -0.2) is 15.6 Å². The van der Waals surface area contributed by atoms with E-state index in [0.29, 0.717) is 5.52 Å². The van der Waals surface area contributed by atoms with E-state index in [0.717, 1.165) is 6.07 Å². The van der Waals surface area contributed by atoms with Crippen molar-refractivity contribution in [2.75, 3.05) is 0 Å². The molecular formula is C14H14FNO3. The molecule has 0 bridgehead atoms. The van der Waals surface area contributed by atoms with Gasteiger partial charge in [-0.2, -0.15) is 0 Å². The molecular weight excluding hydrogens is 249 g/mol. The van der Waals surface area contributed by atoms with Crippen molar-refractivity contribution < 1.29 is 14.3 Å². The lowest BCUT2D eigenvalue weighted by molar-refractivity contribution is 0.0694. The first kappa shape index (κ1) is 13.3. The second-order valence-corrected chi connectivity index (χ2v) is 5.38. The molecule has 0 radical (unpaired) electrons. The van der Waals surface area contributed by atoms with Gasteiger partial charge in [0.2, 0.25) is 5.43 Å². The molecule has 0 amide bonds. The fourth-order valence-electron chi connectivity index (χ4n) is 2.01. The van der Waals surface area contributed by atoms with E-state index >= 15 is 0 Å². The maximum Gasteiger partial charge on any atom is 0.341 e. The zero-order valence-corrected chi connectivity index (χ0v) is 10.9. The Kier molecular flexibility index (Phi) is 2.92. The van der Waals surface area contributed by atoms with E-state index in [9.17, 15) is 14.0 Å². The fraction of sp³-hybridized carbons (Fsp3) is 0.286. The van der Waals surface area contributed by atoms with Crippen LogP contribution >= 0.6 is 0 Å². The maximum absolute atomic E-state index is 13.3. The Labute approximate surface area is 109 Å². The number of rotatable bonds is 1. The number of hydrogen-bond acceptors (Lipinski definition) is 2. The van der Waals surface area contributed by atoms with Gasteiger partial charge in [0.25, 0.3) is 0 Å². The van der Waals surface area contributed by atoms with Gasteiger partial charge in [-0.15, -0.1) is 0 Å². The minimum Gasteiger partial charge on any atom is -0.477 e. The van der Waals surface area contributed by atoms with E-state index < -0.39 is 22.8 Å². The monoisotopic (exact) mass is 263 g/mol. The van der Waals surface area contributed by atoms with Crippen LogP contribution in [0.5, 0.6) is 0 Å². The second kappa shape index (κ2) is 4.19. The number of aromatic nitrogens is 1. The van der Waals surface area contributed by atoms with Crippen LogP contribution in [0.2, 0.25) is 0 Å². The van der Waals surface area contributed by atoms with Crippen LogP contribution in [-0.2, 0) is 5.54 Å². The molecule has 0 spiro atoms. The standard InChI is InChI=1S/C14H14FNO3/c1-14(2,3)16-7-10(13(18)19)12(17)9-6-8(15)4-5-11(9)16/h4-7H,1-3H3,(H,18,19). The number of fused-ring (bicyclic) bond motifs is 1. The van der Waals surface area contributed by atoms with Gasteiger partial charge >= 0.3 is 5.97 Å². The first-order valence-electron chi connectivity index (χ1n) is 5.80. The highest BCUT2D eigenvalue weighted by Gasteiger charge is 2.20. The van der Waals surface area contributed by atoms with Crippen LogP contribution < -0.4 is 5.43 Å². The number of carbonyl (C=O) groups is 1. The van der Waals surface area contributed by atoms with Crippen molar-refractivity contribution in [1.29, 1.82) is 0 Å². The lowest BCUT2D eigenvalue weighted by atomic mass is 10.0. The summed E-state index contributed by atoms with van der Waals surface area (Å²) in [5.74, 6) is -1.87. The number of pyridine rings is 1. The molecule has 2 rings (SSSR count). The van der Waals surface area contributed by atoms with Crippen molar-refractivity contribution in [3.8, 4) is 0 Å². The van der Waals surface area contributed by atoms with Gasteiger partial charge in [-0.1, -0.05) is 0 Å². The minimum absolute atomic E-state index is 0.0785. The third kappa shape index (κ3) is 2.23. The number of aromatic carboxylic acids is 1. The zero-order valence-electron chi connectivity index (χ0n) is 10.9. The molecule has 19 heavy (non-hydrogen) atoms. The van der Waals surface area contributed by atoms with Crippen molar-refractivity contribution in [2.24, 2.45) is 0 Å². The van der Waals surface area contributed by atoms with E-state index in [1.54, 1.807) is 4.57 Å². The molecule has 5 heteroatoms. The quantitative estimate of drug-likeness (QED) is 0.860. The van der Waals surface area contributed by atoms with E-state index in [2.05, 4.69) is 0 Å². The van der Waals surface area contributed by atoms with Crippen LogP contribution in [0.25, 0.3) is 10.9 Å². The van der Waals surface area contributed by atoms with Gasteiger partial charge < -0.3 is 9.67 Å². The van der Waals surface area contributed by atoms with Crippen LogP contribution in [0, 0.1) is 5.82 Å². The molecule has 1 aromatic carbocycles. The Hall–Kier alpha value is -2.17. The van der Waals surface area contributed by atoms with Crippen molar-refractivity contribution in [3.05, 3.63) is 46.0 Å². The Morgan fingerprint density at radius 3 is 2.47 bits per heavy atom. The van der Waals surface area contributed by atoms with Crippen LogP contribution in [0.1, 0.15) is 31.1 Å². The van der Waals surface area contributed by atoms with Gasteiger partial charge in [0.05, 0.1) is 5.52 Å². The lowest BCUT2D eigenvalue weighted by Crippen LogP contribution is -2.27. The summed E-state index contributed by atoms with van der Waals surface area (Å²) in [6.07, 6.45) is 1.31. The Balaban J connectivity index is 3.01. The summed E-state index contributed by atoms with van der Waals surface area (Å²) in [5.41, 5.74) is -0.923. The van der Waals surface area contributed by atoms with Crippen molar-refractivity contribution in [2.45, 2.75) is 26.3 Å². The predicted octanol–water partition coefficient (Wildman–Crippen LogP) is 2.59. The van der Waals surface area contributed by atoms with E-state index in [4.69, 9.17) is 5.11 Å². The summed E-state index contributed by atoms with van der Waals surface area (Å²) < 4.78 is 15.0. The number of benzene rings is 1. The minimum atomic E-state index is -1.31. The third-order valence-electron chi connectivity index (χ3n) is 2.92. The van der Waals surface area contributed by atoms with E-state index in [1.807, 2.05) is 20.8 Å². The number of hydrogen-bond donors (Lipinski definition) is 1. The molecule has 0 saturated carbocycles. The van der Waals surface area contributed by atoms with Crippen molar-refractivity contribution >= 4 is 16.9 Å². The number of carboxylic acid groups (broad SMARTS) is 1. The molecule has 4 nitrogen and oxygen atoms in total. The SMILES string of the molecule is CC(C)(C)n1cc(C(=O)O)c(=O)c2cc(F)ccc21. The average molecular weight is 263 g/mol. The second-order valence-electron chi connectivity index (χ2n) is 5.38. The summed E-state index contributed by atoms with van der Waals surface area (Å²) in [6.45, 7) is 5.64. The summed E-state index contributed by atoms with van der Waals surface area (Å²) in [5, 5.41) is 9.16. The summed E-state index contributed by atoms with van der Waals surface area (Å²) in [6, 6.07) is 3.82. The van der Waals surface area contributed by atoms with Crippen LogP contribution in [0.3, 0.4) is 0 Å². The Morgan fingerprint density at radius 1 is 1.32 bits per heavy atom. The van der Waals surface area contributed by atoms with Gasteiger partial charge in [0, 0.05) is 17.1 Å². The number of nitrogens with zero attached hydrogens (tertiary/aromatic N) is 1. The molecule has 1 heterocycles. The number of halogens is 1. The maximum atomic E-state index is 13.3. The topological polar surface area (TPSA) is 59.3 Å². The molecule has 0 saturated heterocycles. The largest absolute Gasteiger partial charge is 0.477 e. The molecule has 100 valence electrons. The zero-order chi connectivity index (χ0) is 14.4. The first-order chi connectivity index (χ1) is 8.71. The van der Waals surface area contributed by atoms with Crippen molar-refractivity contribution in [1.82, 2.24) is 4.57 Å². The first-order valence-corrected chi connectivity index (χ1v) is 5.80. The highest BCUT2D eigenvalue weighted by atomic mass is 19.1. The molecule has 1 aromatic heterocycles. The average Bonchev–Trinajstić information content (AvgIpc) is 2.28. The Bertz CT molecular complexity index is 726. The molecule has 0 aliphatic rings. The fourth-order valence-corrected chi connectivity index (χ4v) is 2.01. The molecule has 0 aliphatic carbocycles. The highest BCUT2D eigenvalue weighted by molar-refractivity contribution is 5.92. The van der Waals surface area contributed by atoms with Gasteiger partial charge in [0.1, 0.15) is 11.4 Å². The van der Waals surface area contributed by atoms with Gasteiger partial charge in [0.15, 0.2) is 0 Å². The third-order valence-corrected chi connectivity index (χ3v) is 2.92. The van der Waals surface area contributed by atoms with Crippen LogP contribution in [0.15, 0.2) is 29.2 Å². The molecule has 0 fully saturated rings. The van der Waals surface area contributed by atoms with E-state index in [-0.39, 0.29) is 10.9 Å². The van der Waals surface area contributed by atoms with Crippen molar-refractivity contribution in [3.63, 3.8) is 0 Å². The number of carboxylic acids is 1. The van der Waals surface area contributed by atoms with Gasteiger partial charge in [-0.25, -0.2) is 9.18 Å². The normalized spacial score (nSPS) is 11.8. The molecule has 0 atom stereocenters. The predicted molar refractivity (Wildman–Crippen MR) is 70.1 cm³/mol.